The summed E-state index contributed by atoms with van der Waals surface area (Å²) >= 11 is 0. The van der Waals surface area contributed by atoms with E-state index >= 15 is 0 Å². The van der Waals surface area contributed by atoms with Crippen LogP contribution in [0, 0.1) is 35.0 Å². The molecule has 0 nitrogen and oxygen atoms in total. The standard InChI is InChI=1S/C30H22Si2/c1-3-31(27-17-9-5-10-18-27,28-19-11-6-12-20-28)25-26-32(4-2,29-21-13-7-14-22-29)30-23-15-8-16-24-30/h1-2,5-24H. The Morgan fingerprint density at radius 1 is 0.375 bits per heavy atom. The molecule has 150 valence electrons. The van der Waals surface area contributed by atoms with Crippen LogP contribution in [0.25, 0.3) is 0 Å². The van der Waals surface area contributed by atoms with Gasteiger partial charge in [0.25, 0.3) is 16.1 Å². The molecular weight excluding hydrogens is 417 g/mol. The number of terminal acetylenes is 2. The molecule has 0 amide bonds. The first-order valence-electron chi connectivity index (χ1n) is 10.5. The quantitative estimate of drug-likeness (QED) is 0.340. The normalized spacial score (nSPS) is 10.8. The molecule has 2 heteroatoms. The topological polar surface area (TPSA) is 0 Å². The summed E-state index contributed by atoms with van der Waals surface area (Å²) in [6, 6.07) is 41.0. The molecule has 0 fully saturated rings. The zero-order chi connectivity index (χ0) is 22.3. The van der Waals surface area contributed by atoms with Crippen molar-refractivity contribution in [2.24, 2.45) is 0 Å². The second-order valence-electron chi connectivity index (χ2n) is 7.50. The highest BCUT2D eigenvalue weighted by molar-refractivity contribution is 7.17. The van der Waals surface area contributed by atoms with Crippen LogP contribution >= 0.6 is 0 Å². The van der Waals surface area contributed by atoms with E-state index in [2.05, 4.69) is 70.7 Å². The van der Waals surface area contributed by atoms with Crippen molar-refractivity contribution >= 4 is 36.9 Å². The fourth-order valence-electron chi connectivity index (χ4n) is 3.97. The fraction of sp³-hybridized carbons (Fsp3) is 0. The molecule has 0 saturated heterocycles. The van der Waals surface area contributed by atoms with Gasteiger partial charge in [-0.05, 0) is 20.7 Å². The molecule has 4 aromatic carbocycles. The summed E-state index contributed by atoms with van der Waals surface area (Å²) in [7, 11) is -5.62. The van der Waals surface area contributed by atoms with Crippen LogP contribution in [-0.4, -0.2) is 16.1 Å². The van der Waals surface area contributed by atoms with Crippen LogP contribution in [0.5, 0.6) is 0 Å². The molecule has 4 aromatic rings. The van der Waals surface area contributed by atoms with Gasteiger partial charge in [-0.3, -0.25) is 0 Å². The minimum absolute atomic E-state index is 1.10. The third kappa shape index (κ3) is 3.84. The molecule has 0 aliphatic carbocycles. The molecule has 0 bridgehead atoms. The van der Waals surface area contributed by atoms with Crippen molar-refractivity contribution in [2.45, 2.75) is 0 Å². The highest BCUT2D eigenvalue weighted by atomic mass is 28.3. The molecule has 0 aliphatic heterocycles. The molecule has 0 saturated carbocycles. The highest BCUT2D eigenvalue weighted by Crippen LogP contribution is 2.08. The Bertz CT molecular complexity index is 1130. The van der Waals surface area contributed by atoms with Gasteiger partial charge in [-0.2, -0.15) is 0 Å². The van der Waals surface area contributed by atoms with E-state index in [1.807, 2.05) is 72.8 Å². The second-order valence-corrected chi connectivity index (χ2v) is 13.9. The first-order valence-corrected chi connectivity index (χ1v) is 14.5. The Kier molecular flexibility index (Phi) is 6.25. The van der Waals surface area contributed by atoms with Crippen LogP contribution in [-0.2, 0) is 0 Å². The van der Waals surface area contributed by atoms with Crippen LogP contribution in [0.1, 0.15) is 0 Å². The van der Waals surface area contributed by atoms with E-state index in [4.69, 9.17) is 12.8 Å². The first-order chi connectivity index (χ1) is 15.7. The summed E-state index contributed by atoms with van der Waals surface area (Å²) in [5.74, 6) is 0. The predicted octanol–water partition coefficient (Wildman–Crippen LogP) is 2.94. The minimum atomic E-state index is -2.81. The number of hydrogen-bond acceptors (Lipinski definition) is 0. The largest absolute Gasteiger partial charge is 0.274 e. The van der Waals surface area contributed by atoms with E-state index in [0.717, 1.165) is 20.7 Å². The molecule has 0 N–H and O–H groups in total. The third-order valence-electron chi connectivity index (χ3n) is 5.70. The highest BCUT2D eigenvalue weighted by Gasteiger charge is 2.38. The SMILES string of the molecule is C#C[Si](C#C[Si](C#C)(c1ccccc1)c1ccccc1)(c1ccccc1)c1ccccc1. The number of rotatable bonds is 4. The molecule has 0 unspecified atom stereocenters. The Hall–Kier alpha value is -4.01. The Balaban J connectivity index is 2.02. The van der Waals surface area contributed by atoms with Crippen LogP contribution in [0.2, 0.25) is 0 Å². The van der Waals surface area contributed by atoms with Crippen LogP contribution < -0.4 is 20.7 Å². The van der Waals surface area contributed by atoms with Crippen LogP contribution in [0.3, 0.4) is 0 Å². The maximum Gasteiger partial charge on any atom is 0.274 e. The zero-order valence-corrected chi connectivity index (χ0v) is 19.7. The Morgan fingerprint density at radius 3 is 0.781 bits per heavy atom. The van der Waals surface area contributed by atoms with Gasteiger partial charge in [-0.15, -0.1) is 35.0 Å². The lowest BCUT2D eigenvalue weighted by Gasteiger charge is -2.24. The molecule has 32 heavy (non-hydrogen) atoms. The summed E-state index contributed by atoms with van der Waals surface area (Å²) in [6.07, 6.45) is 12.6. The number of benzene rings is 4. The van der Waals surface area contributed by atoms with Crippen molar-refractivity contribution in [2.75, 3.05) is 0 Å². The zero-order valence-electron chi connectivity index (χ0n) is 17.7. The third-order valence-corrected chi connectivity index (χ3v) is 12.6. The van der Waals surface area contributed by atoms with Crippen molar-refractivity contribution in [3.8, 4) is 35.0 Å². The Morgan fingerprint density at radius 2 is 0.594 bits per heavy atom. The maximum atomic E-state index is 6.29. The van der Waals surface area contributed by atoms with Gasteiger partial charge in [0.05, 0.1) is 0 Å². The van der Waals surface area contributed by atoms with Crippen molar-refractivity contribution in [3.63, 3.8) is 0 Å². The molecule has 0 aromatic heterocycles. The van der Waals surface area contributed by atoms with Gasteiger partial charge in [0.1, 0.15) is 0 Å². The fourth-order valence-corrected chi connectivity index (χ4v) is 10.3. The average Bonchev–Trinajstić information content (AvgIpc) is 2.89. The summed E-state index contributed by atoms with van der Waals surface area (Å²) < 4.78 is 0. The average molecular weight is 439 g/mol. The second kappa shape index (κ2) is 9.42. The molecule has 0 heterocycles. The van der Waals surface area contributed by atoms with Gasteiger partial charge in [0, 0.05) is 0 Å². The van der Waals surface area contributed by atoms with Crippen molar-refractivity contribution in [3.05, 3.63) is 121 Å². The minimum Gasteiger partial charge on any atom is -0.125 e. The monoisotopic (exact) mass is 438 g/mol. The van der Waals surface area contributed by atoms with Gasteiger partial charge in [0.15, 0.2) is 0 Å². The lowest BCUT2D eigenvalue weighted by atomic mass is 10.4. The molecule has 0 spiro atoms. The van der Waals surface area contributed by atoms with Gasteiger partial charge < -0.3 is 0 Å². The summed E-state index contributed by atoms with van der Waals surface area (Å²) in [5.41, 5.74) is 13.7. The molecular formula is C30H22Si2. The van der Waals surface area contributed by atoms with Gasteiger partial charge >= 0.3 is 0 Å². The summed E-state index contributed by atoms with van der Waals surface area (Å²) in [5, 5.41) is 4.40. The van der Waals surface area contributed by atoms with Crippen LogP contribution in [0.15, 0.2) is 121 Å². The van der Waals surface area contributed by atoms with E-state index in [1.54, 1.807) is 0 Å². The first kappa shape index (κ1) is 21.2. The van der Waals surface area contributed by atoms with Gasteiger partial charge in [-0.25, -0.2) is 0 Å². The Labute approximate surface area is 193 Å². The van der Waals surface area contributed by atoms with Gasteiger partial charge in [-0.1, -0.05) is 121 Å². The number of hydrogen-bond donors (Lipinski definition) is 0. The van der Waals surface area contributed by atoms with Gasteiger partial charge in [0.2, 0.25) is 0 Å². The van der Waals surface area contributed by atoms with E-state index in [1.165, 1.54) is 0 Å². The molecule has 0 aliphatic rings. The van der Waals surface area contributed by atoms with Crippen LogP contribution in [0.4, 0.5) is 0 Å². The van der Waals surface area contributed by atoms with Crippen molar-refractivity contribution in [1.29, 1.82) is 0 Å². The lowest BCUT2D eigenvalue weighted by molar-refractivity contribution is 1.72. The maximum absolute atomic E-state index is 6.29. The van der Waals surface area contributed by atoms with E-state index < -0.39 is 16.1 Å². The smallest absolute Gasteiger partial charge is 0.125 e. The van der Waals surface area contributed by atoms with E-state index in [9.17, 15) is 0 Å². The van der Waals surface area contributed by atoms with Crippen molar-refractivity contribution < 1.29 is 0 Å². The lowest BCUT2D eigenvalue weighted by Crippen LogP contribution is -2.60. The molecule has 0 atom stereocenters. The summed E-state index contributed by atoms with van der Waals surface area (Å²) in [6.45, 7) is 0. The predicted molar refractivity (Wildman–Crippen MR) is 141 cm³/mol. The molecule has 0 radical (unpaired) electrons. The molecule has 4 rings (SSSR count). The van der Waals surface area contributed by atoms with E-state index in [0.29, 0.717) is 0 Å². The summed E-state index contributed by atoms with van der Waals surface area (Å²) in [4.78, 5) is 0. The van der Waals surface area contributed by atoms with Crippen molar-refractivity contribution in [1.82, 2.24) is 0 Å². The van der Waals surface area contributed by atoms with E-state index in [-0.39, 0.29) is 0 Å².